The molecule has 1 atom stereocenters. The van der Waals surface area contributed by atoms with Gasteiger partial charge in [0.15, 0.2) is 5.69 Å². The van der Waals surface area contributed by atoms with Gasteiger partial charge in [-0.3, -0.25) is 4.79 Å². The van der Waals surface area contributed by atoms with Gasteiger partial charge in [-0.2, -0.15) is 4.98 Å². The number of anilines is 1. The Bertz CT molecular complexity index is 430. The van der Waals surface area contributed by atoms with Crippen LogP contribution in [0.1, 0.15) is 43.6 Å². The maximum Gasteiger partial charge on any atom is 0.360 e. The minimum Gasteiger partial charge on any atom is -0.481 e. The minimum absolute atomic E-state index is 0.0367. The SMILES string of the molecule is CCCC(CC(=O)O)Nc1nc(C(=O)OCC)co1. The number of hydrogen-bond donors (Lipinski definition) is 2. The Balaban J connectivity index is 2.64. The first-order chi connectivity index (χ1) is 9.06. The molecule has 0 amide bonds. The molecule has 0 aliphatic carbocycles. The topological polar surface area (TPSA) is 102 Å². The smallest absolute Gasteiger partial charge is 0.360 e. The average molecular weight is 270 g/mol. The van der Waals surface area contributed by atoms with E-state index in [0.717, 1.165) is 6.42 Å². The number of carbonyl (C=O) groups is 2. The van der Waals surface area contributed by atoms with Gasteiger partial charge < -0.3 is 19.6 Å². The lowest BCUT2D eigenvalue weighted by Crippen LogP contribution is -2.23. The number of ether oxygens (including phenoxy) is 1. The van der Waals surface area contributed by atoms with Crippen LogP contribution in [-0.2, 0) is 9.53 Å². The number of carboxylic acids is 1. The van der Waals surface area contributed by atoms with Crippen LogP contribution < -0.4 is 5.32 Å². The molecule has 7 heteroatoms. The van der Waals surface area contributed by atoms with E-state index >= 15 is 0 Å². The van der Waals surface area contributed by atoms with Gasteiger partial charge in [0.1, 0.15) is 6.26 Å². The Morgan fingerprint density at radius 3 is 2.84 bits per heavy atom. The van der Waals surface area contributed by atoms with Crippen molar-refractivity contribution in [3.05, 3.63) is 12.0 Å². The highest BCUT2D eigenvalue weighted by Crippen LogP contribution is 2.13. The number of hydrogen-bond acceptors (Lipinski definition) is 6. The first kappa shape index (κ1) is 15.0. The van der Waals surface area contributed by atoms with Crippen LogP contribution in [0.3, 0.4) is 0 Å². The van der Waals surface area contributed by atoms with Crippen molar-refractivity contribution in [2.24, 2.45) is 0 Å². The monoisotopic (exact) mass is 270 g/mol. The standard InChI is InChI=1S/C12H18N2O5/c1-3-5-8(6-10(15)16)13-12-14-9(7-19-12)11(17)18-4-2/h7-8H,3-6H2,1-2H3,(H,13,14)(H,15,16). The predicted molar refractivity (Wildman–Crippen MR) is 67.0 cm³/mol. The van der Waals surface area contributed by atoms with Crippen molar-refractivity contribution in [1.29, 1.82) is 0 Å². The van der Waals surface area contributed by atoms with E-state index < -0.39 is 11.9 Å². The van der Waals surface area contributed by atoms with Gasteiger partial charge >= 0.3 is 11.9 Å². The summed E-state index contributed by atoms with van der Waals surface area (Å²) in [5.74, 6) is -1.47. The number of aromatic nitrogens is 1. The molecule has 0 fully saturated rings. The highest BCUT2D eigenvalue weighted by molar-refractivity contribution is 5.87. The molecule has 2 N–H and O–H groups in total. The van der Waals surface area contributed by atoms with Crippen molar-refractivity contribution in [3.63, 3.8) is 0 Å². The van der Waals surface area contributed by atoms with Crippen LogP contribution in [0.15, 0.2) is 10.7 Å². The fraction of sp³-hybridized carbons (Fsp3) is 0.583. The molecule has 0 aliphatic heterocycles. The Hall–Kier alpha value is -2.05. The summed E-state index contributed by atoms with van der Waals surface area (Å²) in [6.07, 6.45) is 2.65. The third-order valence-electron chi connectivity index (χ3n) is 2.37. The lowest BCUT2D eigenvalue weighted by molar-refractivity contribution is -0.137. The lowest BCUT2D eigenvalue weighted by Gasteiger charge is -2.13. The molecule has 1 heterocycles. The van der Waals surface area contributed by atoms with Gasteiger partial charge in [-0.05, 0) is 13.3 Å². The molecule has 0 radical (unpaired) electrons. The summed E-state index contributed by atoms with van der Waals surface area (Å²) in [7, 11) is 0. The summed E-state index contributed by atoms with van der Waals surface area (Å²) >= 11 is 0. The number of carbonyl (C=O) groups excluding carboxylic acids is 1. The molecule has 106 valence electrons. The van der Waals surface area contributed by atoms with E-state index in [4.69, 9.17) is 14.3 Å². The zero-order valence-corrected chi connectivity index (χ0v) is 11.0. The quantitative estimate of drug-likeness (QED) is 0.695. The molecular weight excluding hydrogens is 252 g/mol. The van der Waals surface area contributed by atoms with Gasteiger partial charge in [0, 0.05) is 6.04 Å². The number of nitrogens with one attached hydrogen (secondary N) is 1. The van der Waals surface area contributed by atoms with Crippen molar-refractivity contribution >= 4 is 18.0 Å². The van der Waals surface area contributed by atoms with Crippen LogP contribution in [0.2, 0.25) is 0 Å². The summed E-state index contributed by atoms with van der Waals surface area (Å²) in [6.45, 7) is 3.91. The molecule has 1 aromatic heterocycles. The second kappa shape index (κ2) is 7.40. The van der Waals surface area contributed by atoms with Gasteiger partial charge in [0.05, 0.1) is 13.0 Å². The van der Waals surface area contributed by atoms with Crippen LogP contribution >= 0.6 is 0 Å². The largest absolute Gasteiger partial charge is 0.481 e. The van der Waals surface area contributed by atoms with Crippen LogP contribution in [0, 0.1) is 0 Å². The van der Waals surface area contributed by atoms with Gasteiger partial charge in [-0.15, -0.1) is 0 Å². The van der Waals surface area contributed by atoms with Gasteiger partial charge in [-0.1, -0.05) is 13.3 Å². The maximum absolute atomic E-state index is 11.4. The molecule has 1 rings (SSSR count). The number of rotatable bonds is 8. The van der Waals surface area contributed by atoms with Gasteiger partial charge in [-0.25, -0.2) is 4.79 Å². The van der Waals surface area contributed by atoms with Crippen LogP contribution in [0.4, 0.5) is 6.01 Å². The number of aliphatic carboxylic acids is 1. The summed E-state index contributed by atoms with van der Waals surface area (Å²) in [5.41, 5.74) is 0.0647. The molecule has 0 saturated heterocycles. The minimum atomic E-state index is -0.900. The van der Waals surface area contributed by atoms with E-state index in [-0.39, 0.29) is 30.8 Å². The van der Waals surface area contributed by atoms with Crippen molar-refractivity contribution in [2.75, 3.05) is 11.9 Å². The Kier molecular flexibility index (Phi) is 5.84. The second-order valence-electron chi connectivity index (χ2n) is 3.99. The molecule has 0 aliphatic rings. The van der Waals surface area contributed by atoms with Gasteiger partial charge in [0.25, 0.3) is 6.01 Å². The van der Waals surface area contributed by atoms with Crippen LogP contribution in [0.5, 0.6) is 0 Å². The van der Waals surface area contributed by atoms with E-state index in [0.29, 0.717) is 6.42 Å². The Morgan fingerprint density at radius 2 is 2.26 bits per heavy atom. The molecule has 1 unspecified atom stereocenters. The fourth-order valence-corrected chi connectivity index (χ4v) is 1.60. The summed E-state index contributed by atoms with van der Waals surface area (Å²) in [5, 5.41) is 11.6. The molecule has 1 aromatic rings. The highest BCUT2D eigenvalue weighted by Gasteiger charge is 2.17. The summed E-state index contributed by atoms with van der Waals surface area (Å²) in [4.78, 5) is 26.0. The molecule has 7 nitrogen and oxygen atoms in total. The van der Waals surface area contributed by atoms with E-state index in [1.54, 1.807) is 6.92 Å². The zero-order chi connectivity index (χ0) is 14.3. The Labute approximate surface area is 111 Å². The molecule has 0 saturated carbocycles. The van der Waals surface area contributed by atoms with Crippen molar-refractivity contribution in [3.8, 4) is 0 Å². The maximum atomic E-state index is 11.4. The van der Waals surface area contributed by atoms with E-state index in [9.17, 15) is 9.59 Å². The first-order valence-electron chi connectivity index (χ1n) is 6.17. The summed E-state index contributed by atoms with van der Waals surface area (Å²) < 4.78 is 9.85. The third kappa shape index (κ3) is 4.99. The Morgan fingerprint density at radius 1 is 1.53 bits per heavy atom. The molecule has 19 heavy (non-hydrogen) atoms. The molecule has 0 aromatic carbocycles. The number of esters is 1. The molecular formula is C12H18N2O5. The van der Waals surface area contributed by atoms with E-state index in [1.807, 2.05) is 6.92 Å². The highest BCUT2D eigenvalue weighted by atomic mass is 16.5. The number of carboxylic acid groups (broad SMARTS) is 1. The summed E-state index contributed by atoms with van der Waals surface area (Å²) in [6, 6.07) is -0.154. The van der Waals surface area contributed by atoms with E-state index in [1.165, 1.54) is 6.26 Å². The van der Waals surface area contributed by atoms with Crippen LogP contribution in [-0.4, -0.2) is 34.7 Å². The molecule has 0 spiro atoms. The van der Waals surface area contributed by atoms with Crippen molar-refractivity contribution in [2.45, 2.75) is 39.2 Å². The second-order valence-corrected chi connectivity index (χ2v) is 3.99. The lowest BCUT2D eigenvalue weighted by atomic mass is 10.1. The number of nitrogens with zero attached hydrogens (tertiary/aromatic N) is 1. The number of oxazole rings is 1. The van der Waals surface area contributed by atoms with Gasteiger partial charge in [0.2, 0.25) is 0 Å². The normalized spacial score (nSPS) is 11.9. The first-order valence-corrected chi connectivity index (χ1v) is 6.17. The predicted octanol–water partition coefficient (Wildman–Crippen LogP) is 1.91. The zero-order valence-electron chi connectivity index (χ0n) is 11.0. The van der Waals surface area contributed by atoms with E-state index in [2.05, 4.69) is 10.3 Å². The molecule has 0 bridgehead atoms. The fourth-order valence-electron chi connectivity index (χ4n) is 1.60. The van der Waals surface area contributed by atoms with Crippen molar-refractivity contribution in [1.82, 2.24) is 4.98 Å². The van der Waals surface area contributed by atoms with Crippen molar-refractivity contribution < 1.29 is 23.8 Å². The average Bonchev–Trinajstić information content (AvgIpc) is 2.77. The third-order valence-corrected chi connectivity index (χ3v) is 2.37. The van der Waals surface area contributed by atoms with Crippen LogP contribution in [0.25, 0.3) is 0 Å².